The maximum Gasteiger partial charge on any atom is 0.222 e. The van der Waals surface area contributed by atoms with Crippen LogP contribution in [0.15, 0.2) is 16.5 Å². The lowest BCUT2D eigenvalue weighted by atomic mass is 9.85. The van der Waals surface area contributed by atoms with E-state index in [1.54, 1.807) is 6.07 Å². The molecule has 0 aliphatic carbocycles. The van der Waals surface area contributed by atoms with Crippen LogP contribution in [0.3, 0.4) is 0 Å². The SMILES string of the molecule is CC1(C)CCC(=O)N(Cc2ccc(CO)o2)CC1. The molecule has 18 heavy (non-hydrogen) atoms. The van der Waals surface area contributed by atoms with Crippen LogP contribution in [0.2, 0.25) is 0 Å². The number of carbonyl (C=O) groups excluding carboxylic acids is 1. The lowest BCUT2D eigenvalue weighted by molar-refractivity contribution is -0.131. The van der Waals surface area contributed by atoms with E-state index in [2.05, 4.69) is 13.8 Å². The Morgan fingerprint density at radius 2 is 2.06 bits per heavy atom. The molecule has 2 heterocycles. The zero-order valence-electron chi connectivity index (χ0n) is 11.1. The van der Waals surface area contributed by atoms with Gasteiger partial charge in [-0.25, -0.2) is 0 Å². The number of nitrogens with zero attached hydrogens (tertiary/aromatic N) is 1. The molecule has 100 valence electrons. The topological polar surface area (TPSA) is 53.7 Å². The Hall–Kier alpha value is -1.29. The minimum atomic E-state index is -0.0963. The first-order valence-corrected chi connectivity index (χ1v) is 6.46. The monoisotopic (exact) mass is 251 g/mol. The predicted molar refractivity (Wildman–Crippen MR) is 67.7 cm³/mol. The molecule has 0 radical (unpaired) electrons. The molecule has 0 spiro atoms. The van der Waals surface area contributed by atoms with Crippen molar-refractivity contribution in [3.8, 4) is 0 Å². The molecular weight excluding hydrogens is 230 g/mol. The first kappa shape index (κ1) is 13.1. The largest absolute Gasteiger partial charge is 0.462 e. The molecule has 0 atom stereocenters. The summed E-state index contributed by atoms with van der Waals surface area (Å²) in [6, 6.07) is 3.58. The normalized spacial score (nSPS) is 19.9. The molecule has 1 aliphatic rings. The Morgan fingerprint density at radius 3 is 2.72 bits per heavy atom. The van der Waals surface area contributed by atoms with Gasteiger partial charge in [0.15, 0.2) is 0 Å². The van der Waals surface area contributed by atoms with Crippen molar-refractivity contribution in [2.75, 3.05) is 6.54 Å². The fourth-order valence-electron chi connectivity index (χ4n) is 2.24. The number of carbonyl (C=O) groups is 1. The third kappa shape index (κ3) is 3.13. The van der Waals surface area contributed by atoms with E-state index in [0.29, 0.717) is 18.7 Å². The summed E-state index contributed by atoms with van der Waals surface area (Å²) in [5.74, 6) is 1.49. The second-order valence-electron chi connectivity index (χ2n) is 5.76. The van der Waals surface area contributed by atoms with Crippen molar-refractivity contribution in [1.82, 2.24) is 4.90 Å². The van der Waals surface area contributed by atoms with Crippen LogP contribution in [0.25, 0.3) is 0 Å². The predicted octanol–water partition coefficient (Wildman–Crippen LogP) is 2.31. The van der Waals surface area contributed by atoms with Crippen molar-refractivity contribution in [3.05, 3.63) is 23.7 Å². The average molecular weight is 251 g/mol. The van der Waals surface area contributed by atoms with E-state index in [9.17, 15) is 4.79 Å². The lowest BCUT2D eigenvalue weighted by Crippen LogP contribution is -2.29. The quantitative estimate of drug-likeness (QED) is 0.897. The van der Waals surface area contributed by atoms with E-state index >= 15 is 0 Å². The summed E-state index contributed by atoms with van der Waals surface area (Å²) in [4.78, 5) is 13.9. The third-order valence-corrected chi connectivity index (χ3v) is 3.65. The maximum atomic E-state index is 12.0. The Bertz CT molecular complexity index is 422. The molecule has 1 aromatic heterocycles. The highest BCUT2D eigenvalue weighted by Crippen LogP contribution is 2.30. The van der Waals surface area contributed by atoms with Gasteiger partial charge in [0.2, 0.25) is 5.91 Å². The summed E-state index contributed by atoms with van der Waals surface area (Å²) in [6.07, 6.45) is 2.58. The van der Waals surface area contributed by atoms with Gasteiger partial charge < -0.3 is 14.4 Å². The summed E-state index contributed by atoms with van der Waals surface area (Å²) in [5, 5.41) is 8.95. The number of amides is 1. The van der Waals surface area contributed by atoms with Crippen molar-refractivity contribution in [3.63, 3.8) is 0 Å². The van der Waals surface area contributed by atoms with Crippen molar-refractivity contribution >= 4 is 5.91 Å². The van der Waals surface area contributed by atoms with Gasteiger partial charge in [0, 0.05) is 13.0 Å². The molecule has 1 saturated heterocycles. The van der Waals surface area contributed by atoms with Gasteiger partial charge in [-0.3, -0.25) is 4.79 Å². The number of hydrogen-bond acceptors (Lipinski definition) is 3. The zero-order chi connectivity index (χ0) is 13.2. The number of aliphatic hydroxyl groups excluding tert-OH is 1. The summed E-state index contributed by atoms with van der Waals surface area (Å²) >= 11 is 0. The highest BCUT2D eigenvalue weighted by molar-refractivity contribution is 5.76. The molecule has 1 aromatic rings. The van der Waals surface area contributed by atoms with Gasteiger partial charge in [0.05, 0.1) is 6.54 Å². The van der Waals surface area contributed by atoms with Crippen LogP contribution >= 0.6 is 0 Å². The average Bonchev–Trinajstić information content (AvgIpc) is 2.74. The smallest absolute Gasteiger partial charge is 0.222 e. The summed E-state index contributed by atoms with van der Waals surface area (Å²) in [5.41, 5.74) is 0.240. The number of likely N-dealkylation sites (tertiary alicyclic amines) is 1. The van der Waals surface area contributed by atoms with Gasteiger partial charge >= 0.3 is 0 Å². The molecule has 0 bridgehead atoms. The van der Waals surface area contributed by atoms with Crippen molar-refractivity contribution in [2.45, 2.75) is 46.3 Å². The zero-order valence-corrected chi connectivity index (χ0v) is 11.1. The number of furan rings is 1. The molecular formula is C14H21NO3. The third-order valence-electron chi connectivity index (χ3n) is 3.65. The van der Waals surface area contributed by atoms with Crippen molar-refractivity contribution in [2.24, 2.45) is 5.41 Å². The molecule has 0 saturated carbocycles. The molecule has 2 rings (SSSR count). The van der Waals surface area contributed by atoms with Gasteiger partial charge in [-0.1, -0.05) is 13.8 Å². The second kappa shape index (κ2) is 5.14. The highest BCUT2D eigenvalue weighted by atomic mass is 16.4. The van der Waals surface area contributed by atoms with Gasteiger partial charge in [-0.05, 0) is 30.4 Å². The molecule has 1 amide bonds. The first-order valence-electron chi connectivity index (χ1n) is 6.46. The van der Waals surface area contributed by atoms with Gasteiger partial charge in [-0.2, -0.15) is 0 Å². The maximum absolute atomic E-state index is 12.0. The molecule has 4 nitrogen and oxygen atoms in total. The van der Waals surface area contributed by atoms with Crippen molar-refractivity contribution in [1.29, 1.82) is 0 Å². The molecule has 4 heteroatoms. The van der Waals surface area contributed by atoms with Crippen LogP contribution in [-0.2, 0) is 17.9 Å². The minimum Gasteiger partial charge on any atom is -0.462 e. The van der Waals surface area contributed by atoms with Gasteiger partial charge in [-0.15, -0.1) is 0 Å². The Labute approximate surface area is 108 Å². The van der Waals surface area contributed by atoms with Crippen LogP contribution in [0.4, 0.5) is 0 Å². The van der Waals surface area contributed by atoms with Crippen molar-refractivity contribution < 1.29 is 14.3 Å². The minimum absolute atomic E-state index is 0.0963. The van der Waals surface area contributed by atoms with Gasteiger partial charge in [0.25, 0.3) is 0 Å². The van der Waals surface area contributed by atoms with Crippen LogP contribution in [0, 0.1) is 5.41 Å². The molecule has 1 aliphatic heterocycles. The molecule has 1 fully saturated rings. The van der Waals surface area contributed by atoms with E-state index < -0.39 is 0 Å². The highest BCUT2D eigenvalue weighted by Gasteiger charge is 2.27. The Balaban J connectivity index is 2.01. The van der Waals surface area contributed by atoms with Crippen LogP contribution < -0.4 is 0 Å². The van der Waals surface area contributed by atoms with E-state index in [1.165, 1.54) is 0 Å². The fourth-order valence-corrected chi connectivity index (χ4v) is 2.24. The number of hydrogen-bond donors (Lipinski definition) is 1. The molecule has 1 N–H and O–H groups in total. The van der Waals surface area contributed by atoms with E-state index in [4.69, 9.17) is 9.52 Å². The van der Waals surface area contributed by atoms with E-state index in [1.807, 2.05) is 11.0 Å². The standard InChI is InChI=1S/C14H21NO3/c1-14(2)6-5-13(17)15(8-7-14)9-11-3-4-12(10-16)18-11/h3-4,16H,5-10H2,1-2H3. The summed E-state index contributed by atoms with van der Waals surface area (Å²) in [6.45, 7) is 5.61. The van der Waals surface area contributed by atoms with Crippen LogP contribution in [-0.4, -0.2) is 22.5 Å². The summed E-state index contributed by atoms with van der Waals surface area (Å²) < 4.78 is 5.43. The van der Waals surface area contributed by atoms with Crippen LogP contribution in [0.1, 0.15) is 44.6 Å². The fraction of sp³-hybridized carbons (Fsp3) is 0.643. The van der Waals surface area contributed by atoms with Gasteiger partial charge in [0.1, 0.15) is 18.1 Å². The Morgan fingerprint density at radius 1 is 1.33 bits per heavy atom. The lowest BCUT2D eigenvalue weighted by Gasteiger charge is -2.22. The second-order valence-corrected chi connectivity index (χ2v) is 5.76. The number of aliphatic hydroxyl groups is 1. The summed E-state index contributed by atoms with van der Waals surface area (Å²) in [7, 11) is 0. The molecule has 0 unspecified atom stereocenters. The number of rotatable bonds is 3. The molecule has 0 aromatic carbocycles. The van der Waals surface area contributed by atoms with Crippen LogP contribution in [0.5, 0.6) is 0 Å². The first-order chi connectivity index (χ1) is 8.50. The Kier molecular flexibility index (Phi) is 3.76. The van der Waals surface area contributed by atoms with E-state index in [-0.39, 0.29) is 17.9 Å². The van der Waals surface area contributed by atoms with E-state index in [0.717, 1.165) is 25.1 Å².